The molecule has 0 spiro atoms. The number of hydrogen-bond donors (Lipinski definition) is 3. The maximum absolute atomic E-state index is 11.4. The zero-order valence-corrected chi connectivity index (χ0v) is 11.1. The van der Waals surface area contributed by atoms with Gasteiger partial charge in [0.15, 0.2) is 0 Å². The van der Waals surface area contributed by atoms with Crippen LogP contribution in [0.15, 0.2) is 45.9 Å². The van der Waals surface area contributed by atoms with Gasteiger partial charge in [-0.1, -0.05) is 6.07 Å². The lowest BCUT2D eigenvalue weighted by Gasteiger charge is -2.16. The number of nitrogen functional groups attached to an aromatic ring is 1. The molecule has 1 aromatic heterocycles. The summed E-state index contributed by atoms with van der Waals surface area (Å²) in [6.45, 7) is 1.88. The molecule has 1 heterocycles. The minimum atomic E-state index is -3.83. The highest BCUT2D eigenvalue weighted by Gasteiger charge is 2.16. The molecule has 1 unspecified atom stereocenters. The largest absolute Gasteiger partial charge is 0.467 e. The van der Waals surface area contributed by atoms with Gasteiger partial charge in [-0.25, -0.2) is 13.6 Å². The predicted molar refractivity (Wildman–Crippen MR) is 73.0 cm³/mol. The summed E-state index contributed by atoms with van der Waals surface area (Å²) in [5.74, 6) is 0.723. The van der Waals surface area contributed by atoms with Crippen molar-refractivity contribution in [1.29, 1.82) is 0 Å². The average Bonchev–Trinajstić information content (AvgIpc) is 2.83. The van der Waals surface area contributed by atoms with Crippen molar-refractivity contribution in [2.75, 3.05) is 11.1 Å². The SMILES string of the molecule is CC(Nc1cccc(S(N)(=O)=O)c1N)c1ccco1. The van der Waals surface area contributed by atoms with E-state index in [1.807, 2.05) is 13.0 Å². The van der Waals surface area contributed by atoms with Crippen LogP contribution in [0.25, 0.3) is 0 Å². The van der Waals surface area contributed by atoms with Crippen LogP contribution < -0.4 is 16.2 Å². The van der Waals surface area contributed by atoms with Gasteiger partial charge in [-0.15, -0.1) is 0 Å². The van der Waals surface area contributed by atoms with Gasteiger partial charge in [-0.2, -0.15) is 0 Å². The Labute approximate surface area is 111 Å². The molecule has 0 saturated carbocycles. The molecule has 0 saturated heterocycles. The third kappa shape index (κ3) is 2.88. The van der Waals surface area contributed by atoms with Crippen molar-refractivity contribution in [3.63, 3.8) is 0 Å². The van der Waals surface area contributed by atoms with Gasteiger partial charge in [0.25, 0.3) is 0 Å². The zero-order chi connectivity index (χ0) is 14.0. The van der Waals surface area contributed by atoms with Crippen LogP contribution in [0.3, 0.4) is 0 Å². The second-order valence-corrected chi connectivity index (χ2v) is 5.67. The van der Waals surface area contributed by atoms with Crippen LogP contribution in [0.5, 0.6) is 0 Å². The number of sulfonamides is 1. The van der Waals surface area contributed by atoms with Gasteiger partial charge in [0.2, 0.25) is 10.0 Å². The fraction of sp³-hybridized carbons (Fsp3) is 0.167. The molecule has 7 heteroatoms. The lowest BCUT2D eigenvalue weighted by molar-refractivity contribution is 0.490. The quantitative estimate of drug-likeness (QED) is 0.738. The Morgan fingerprint density at radius 1 is 1.26 bits per heavy atom. The van der Waals surface area contributed by atoms with E-state index in [0.717, 1.165) is 5.76 Å². The highest BCUT2D eigenvalue weighted by atomic mass is 32.2. The first kappa shape index (κ1) is 13.4. The monoisotopic (exact) mass is 281 g/mol. The van der Waals surface area contributed by atoms with E-state index in [0.29, 0.717) is 5.69 Å². The Kier molecular flexibility index (Phi) is 3.50. The summed E-state index contributed by atoms with van der Waals surface area (Å²) in [7, 11) is -3.83. The molecule has 0 aliphatic rings. The number of primary sulfonamides is 1. The maximum atomic E-state index is 11.4. The smallest absolute Gasteiger partial charge is 0.240 e. The third-order valence-electron chi connectivity index (χ3n) is 2.71. The number of nitrogens with two attached hydrogens (primary N) is 2. The normalized spacial score (nSPS) is 13.2. The fourth-order valence-electron chi connectivity index (χ4n) is 1.76. The summed E-state index contributed by atoms with van der Waals surface area (Å²) < 4.78 is 28.0. The molecule has 2 rings (SSSR count). The van der Waals surface area contributed by atoms with Crippen molar-refractivity contribution < 1.29 is 12.8 Å². The van der Waals surface area contributed by atoms with E-state index in [9.17, 15) is 8.42 Å². The molecule has 0 fully saturated rings. The molecule has 19 heavy (non-hydrogen) atoms. The van der Waals surface area contributed by atoms with Crippen molar-refractivity contribution in [2.45, 2.75) is 17.9 Å². The molecule has 0 radical (unpaired) electrons. The van der Waals surface area contributed by atoms with Gasteiger partial charge >= 0.3 is 0 Å². The van der Waals surface area contributed by atoms with E-state index < -0.39 is 10.0 Å². The summed E-state index contributed by atoms with van der Waals surface area (Å²) in [6, 6.07) is 8.08. The van der Waals surface area contributed by atoms with Crippen LogP contribution in [0.2, 0.25) is 0 Å². The first-order valence-corrected chi connectivity index (χ1v) is 7.15. The predicted octanol–water partition coefficient (Wildman–Crippen LogP) is 1.68. The van der Waals surface area contributed by atoms with E-state index in [2.05, 4.69) is 5.32 Å². The average molecular weight is 281 g/mol. The van der Waals surface area contributed by atoms with Crippen molar-refractivity contribution >= 4 is 21.4 Å². The van der Waals surface area contributed by atoms with Crippen molar-refractivity contribution in [3.8, 4) is 0 Å². The van der Waals surface area contributed by atoms with Crippen molar-refractivity contribution in [2.24, 2.45) is 5.14 Å². The summed E-state index contributed by atoms with van der Waals surface area (Å²) in [4.78, 5) is -0.0934. The Morgan fingerprint density at radius 3 is 2.58 bits per heavy atom. The Bertz CT molecular complexity index is 666. The van der Waals surface area contributed by atoms with Gasteiger partial charge in [-0.05, 0) is 31.2 Å². The number of rotatable bonds is 4. The van der Waals surface area contributed by atoms with E-state index in [-0.39, 0.29) is 16.6 Å². The molecule has 5 N–H and O–H groups in total. The number of furan rings is 1. The number of hydrogen-bond acceptors (Lipinski definition) is 5. The van der Waals surface area contributed by atoms with Crippen LogP contribution >= 0.6 is 0 Å². The molecule has 0 bridgehead atoms. The molecular formula is C12H15N3O3S. The van der Waals surface area contributed by atoms with Gasteiger partial charge in [0.1, 0.15) is 10.7 Å². The fourth-order valence-corrected chi connectivity index (χ4v) is 2.44. The molecule has 6 nitrogen and oxygen atoms in total. The zero-order valence-electron chi connectivity index (χ0n) is 10.3. The van der Waals surface area contributed by atoms with Gasteiger partial charge < -0.3 is 15.5 Å². The molecule has 0 aliphatic carbocycles. The molecule has 1 atom stereocenters. The van der Waals surface area contributed by atoms with Crippen LogP contribution in [-0.2, 0) is 10.0 Å². The number of anilines is 2. The molecule has 0 aliphatic heterocycles. The summed E-state index contributed by atoms with van der Waals surface area (Å²) in [6.07, 6.45) is 1.57. The standard InChI is InChI=1S/C12H15N3O3S/c1-8(10-5-3-7-18-10)15-9-4-2-6-11(12(9)13)19(14,16)17/h2-8,15H,13H2,1H3,(H2,14,16,17). The Morgan fingerprint density at radius 2 is 2.00 bits per heavy atom. The van der Waals surface area contributed by atoms with Crippen LogP contribution in [0, 0.1) is 0 Å². The molecule has 0 amide bonds. The van der Waals surface area contributed by atoms with Gasteiger partial charge in [0, 0.05) is 0 Å². The highest BCUT2D eigenvalue weighted by Crippen LogP contribution is 2.29. The minimum Gasteiger partial charge on any atom is -0.467 e. The maximum Gasteiger partial charge on any atom is 0.240 e. The highest BCUT2D eigenvalue weighted by molar-refractivity contribution is 7.89. The molecule has 102 valence electrons. The third-order valence-corrected chi connectivity index (χ3v) is 3.68. The minimum absolute atomic E-state index is 0.0934. The topological polar surface area (TPSA) is 111 Å². The summed E-state index contributed by atoms with van der Waals surface area (Å²) in [5, 5.41) is 8.18. The van der Waals surface area contributed by atoms with E-state index in [1.54, 1.807) is 24.5 Å². The Balaban J connectivity index is 2.32. The first-order chi connectivity index (χ1) is 8.89. The summed E-state index contributed by atoms with van der Waals surface area (Å²) in [5.41, 5.74) is 6.42. The molecular weight excluding hydrogens is 266 g/mol. The van der Waals surface area contributed by atoms with Crippen molar-refractivity contribution in [3.05, 3.63) is 42.4 Å². The van der Waals surface area contributed by atoms with E-state index in [4.69, 9.17) is 15.3 Å². The van der Waals surface area contributed by atoms with E-state index in [1.165, 1.54) is 6.07 Å². The molecule has 1 aromatic carbocycles. The van der Waals surface area contributed by atoms with Crippen LogP contribution in [-0.4, -0.2) is 8.42 Å². The lowest BCUT2D eigenvalue weighted by atomic mass is 10.2. The Hall–Kier alpha value is -1.99. The second-order valence-electron chi connectivity index (χ2n) is 4.14. The van der Waals surface area contributed by atoms with Crippen LogP contribution in [0.4, 0.5) is 11.4 Å². The second kappa shape index (κ2) is 4.94. The first-order valence-electron chi connectivity index (χ1n) is 5.61. The number of para-hydroxylation sites is 1. The number of nitrogens with one attached hydrogen (secondary N) is 1. The van der Waals surface area contributed by atoms with E-state index >= 15 is 0 Å². The summed E-state index contributed by atoms with van der Waals surface area (Å²) >= 11 is 0. The van der Waals surface area contributed by atoms with Gasteiger partial charge in [-0.3, -0.25) is 0 Å². The van der Waals surface area contributed by atoms with Crippen molar-refractivity contribution in [1.82, 2.24) is 0 Å². The number of benzene rings is 1. The molecule has 2 aromatic rings. The lowest BCUT2D eigenvalue weighted by Crippen LogP contribution is -2.16. The van der Waals surface area contributed by atoms with Gasteiger partial charge in [0.05, 0.1) is 23.7 Å². The van der Waals surface area contributed by atoms with Crippen LogP contribution in [0.1, 0.15) is 18.7 Å².